The van der Waals surface area contributed by atoms with Crippen LogP contribution in [0.15, 0.2) is 54.0 Å². The summed E-state index contributed by atoms with van der Waals surface area (Å²) in [6.45, 7) is 12.1. The molecule has 0 N–H and O–H groups in total. The van der Waals surface area contributed by atoms with E-state index in [1.807, 2.05) is 0 Å². The van der Waals surface area contributed by atoms with Gasteiger partial charge in [-0.05, 0) is 39.8 Å². The third-order valence-corrected chi connectivity index (χ3v) is 8.24. The van der Waals surface area contributed by atoms with Crippen LogP contribution in [-0.4, -0.2) is 80.6 Å². The minimum absolute atomic E-state index is 0.0889. The summed E-state index contributed by atoms with van der Waals surface area (Å²) in [6.07, 6.45) is -2.85. The van der Waals surface area contributed by atoms with E-state index in [1.54, 1.807) is 51.1 Å². The van der Waals surface area contributed by atoms with E-state index in [1.165, 1.54) is 32.1 Å². The number of hydrogen-bond acceptors (Lipinski definition) is 10. The van der Waals surface area contributed by atoms with E-state index in [0.717, 1.165) is 0 Å². The van der Waals surface area contributed by atoms with Gasteiger partial charge in [-0.3, -0.25) is 19.1 Å². The van der Waals surface area contributed by atoms with Gasteiger partial charge in [0.25, 0.3) is 0 Å². The standard InChI is InChI=1S/C28H40NO10P/c1-8-36-40(33,37-9-2)20(4)17-24-25(39-28(32)23-13-11-10-12-14-23)26(35-16-15-34-7)27(38-24)29(22(6)31)18-19(3)21(5)30/h10-14,18,24-27H,4,8-9,15-17H2,1-3,5-7H3/b19-18-/t24-,25-,26-,27-/m1/s1. The molecule has 1 heterocycles. The number of methoxy groups -OCH3 is 1. The summed E-state index contributed by atoms with van der Waals surface area (Å²) < 4.78 is 47.7. The number of benzene rings is 1. The first-order chi connectivity index (χ1) is 19.0. The Balaban J connectivity index is 2.55. The molecule has 2 rings (SSSR count). The van der Waals surface area contributed by atoms with Crippen molar-refractivity contribution in [3.8, 4) is 0 Å². The van der Waals surface area contributed by atoms with Gasteiger partial charge >= 0.3 is 13.6 Å². The van der Waals surface area contributed by atoms with Crippen molar-refractivity contribution in [1.82, 2.24) is 4.90 Å². The van der Waals surface area contributed by atoms with Crippen molar-refractivity contribution in [1.29, 1.82) is 0 Å². The molecule has 1 aromatic carbocycles. The van der Waals surface area contributed by atoms with Gasteiger partial charge < -0.3 is 28.0 Å². The maximum atomic E-state index is 13.4. The Labute approximate surface area is 235 Å². The molecule has 222 valence electrons. The largest absolute Gasteiger partial charge is 0.453 e. The molecule has 1 amide bonds. The van der Waals surface area contributed by atoms with Crippen LogP contribution in [-0.2, 0) is 42.1 Å². The number of rotatable bonds is 16. The summed E-state index contributed by atoms with van der Waals surface area (Å²) in [5, 5.41) is 0.114. The van der Waals surface area contributed by atoms with Crippen LogP contribution >= 0.6 is 7.60 Å². The van der Waals surface area contributed by atoms with Gasteiger partial charge in [-0.2, -0.15) is 0 Å². The molecule has 12 heteroatoms. The molecule has 1 aliphatic rings. The van der Waals surface area contributed by atoms with E-state index in [4.69, 9.17) is 28.0 Å². The molecule has 1 aliphatic heterocycles. The van der Waals surface area contributed by atoms with Gasteiger partial charge in [-0.1, -0.05) is 24.8 Å². The van der Waals surface area contributed by atoms with Crippen molar-refractivity contribution in [2.75, 3.05) is 33.5 Å². The maximum absolute atomic E-state index is 13.4. The lowest BCUT2D eigenvalue weighted by Crippen LogP contribution is -2.47. The van der Waals surface area contributed by atoms with Gasteiger partial charge in [0.05, 0.1) is 32.0 Å². The number of ketones is 1. The highest BCUT2D eigenvalue weighted by atomic mass is 31.2. The van der Waals surface area contributed by atoms with E-state index < -0.39 is 44.0 Å². The van der Waals surface area contributed by atoms with Gasteiger partial charge in [0, 0.05) is 37.5 Å². The average molecular weight is 582 g/mol. The lowest BCUT2D eigenvalue weighted by Gasteiger charge is -2.30. The normalized spacial score (nSPS) is 21.2. The highest BCUT2D eigenvalue weighted by Gasteiger charge is 2.52. The number of Topliss-reactive ketones (excluding diaryl/α,β-unsaturated/α-hetero) is 1. The number of carbonyl (C=O) groups is 3. The first kappa shape index (κ1) is 33.5. The fraction of sp³-hybridized carbons (Fsp3) is 0.536. The first-order valence-electron chi connectivity index (χ1n) is 13.1. The van der Waals surface area contributed by atoms with Crippen LogP contribution in [0.3, 0.4) is 0 Å². The zero-order chi connectivity index (χ0) is 29.9. The third kappa shape index (κ3) is 8.92. The van der Waals surface area contributed by atoms with Crippen LogP contribution in [0.2, 0.25) is 0 Å². The summed E-state index contributed by atoms with van der Waals surface area (Å²) in [7, 11) is -2.23. The van der Waals surface area contributed by atoms with Crippen LogP contribution in [0.5, 0.6) is 0 Å². The van der Waals surface area contributed by atoms with Gasteiger partial charge in [0.1, 0.15) is 12.2 Å². The molecule has 0 aliphatic carbocycles. The van der Waals surface area contributed by atoms with Gasteiger partial charge in [-0.15, -0.1) is 0 Å². The maximum Gasteiger partial charge on any atom is 0.356 e. The van der Waals surface area contributed by atoms with Crippen molar-refractivity contribution in [2.24, 2.45) is 0 Å². The third-order valence-electron chi connectivity index (χ3n) is 6.08. The molecule has 11 nitrogen and oxygen atoms in total. The molecule has 0 saturated carbocycles. The number of amides is 1. The summed E-state index contributed by atoms with van der Waals surface area (Å²) in [4.78, 5) is 39.2. The summed E-state index contributed by atoms with van der Waals surface area (Å²) in [6, 6.07) is 8.36. The van der Waals surface area contributed by atoms with E-state index in [0.29, 0.717) is 11.1 Å². The Hall–Kier alpha value is -2.66. The van der Waals surface area contributed by atoms with Crippen molar-refractivity contribution in [3.05, 3.63) is 59.6 Å². The number of allylic oxidation sites excluding steroid dienone is 1. The smallest absolute Gasteiger partial charge is 0.356 e. The zero-order valence-electron chi connectivity index (χ0n) is 24.0. The molecule has 1 aromatic rings. The van der Waals surface area contributed by atoms with Crippen molar-refractivity contribution < 1.29 is 46.9 Å². The van der Waals surface area contributed by atoms with Crippen LogP contribution in [0.1, 0.15) is 51.4 Å². The van der Waals surface area contributed by atoms with E-state index in [9.17, 15) is 18.9 Å². The van der Waals surface area contributed by atoms with Crippen molar-refractivity contribution >= 4 is 25.3 Å². The van der Waals surface area contributed by atoms with E-state index >= 15 is 0 Å². The molecule has 0 unspecified atom stereocenters. The van der Waals surface area contributed by atoms with Gasteiger partial charge in [0.15, 0.2) is 18.1 Å². The fourth-order valence-corrected chi connectivity index (χ4v) is 5.52. The molecule has 0 radical (unpaired) electrons. The predicted molar refractivity (Wildman–Crippen MR) is 147 cm³/mol. The van der Waals surface area contributed by atoms with Crippen molar-refractivity contribution in [3.63, 3.8) is 0 Å². The minimum Gasteiger partial charge on any atom is -0.453 e. The molecule has 4 atom stereocenters. The second-order valence-electron chi connectivity index (χ2n) is 9.03. The molecular weight excluding hydrogens is 541 g/mol. The highest BCUT2D eigenvalue weighted by molar-refractivity contribution is 7.58. The average Bonchev–Trinajstić information content (AvgIpc) is 3.23. The Morgan fingerprint density at radius 1 is 1.02 bits per heavy atom. The second kappa shape index (κ2) is 16.0. The Morgan fingerprint density at radius 2 is 1.65 bits per heavy atom. The lowest BCUT2D eigenvalue weighted by molar-refractivity contribution is -0.146. The van der Waals surface area contributed by atoms with E-state index in [2.05, 4.69) is 6.58 Å². The van der Waals surface area contributed by atoms with Crippen LogP contribution < -0.4 is 0 Å². The molecule has 0 spiro atoms. The number of esters is 1. The van der Waals surface area contributed by atoms with Gasteiger partial charge in [0.2, 0.25) is 5.91 Å². The number of nitrogens with zero attached hydrogens (tertiary/aromatic N) is 1. The SMILES string of the molecule is C=C(C[C@H]1O[C@@H](N(/C=C(/C)C(C)=O)C(C)=O)[C@H](OCCOC)[C@@H]1OC(=O)c1ccccc1)P(=O)(OCC)OCC. The summed E-state index contributed by atoms with van der Waals surface area (Å²) in [5.74, 6) is -1.33. The zero-order valence-corrected chi connectivity index (χ0v) is 24.9. The van der Waals surface area contributed by atoms with Gasteiger partial charge in [-0.25, -0.2) is 4.79 Å². The van der Waals surface area contributed by atoms with Crippen LogP contribution in [0, 0.1) is 0 Å². The van der Waals surface area contributed by atoms with Crippen LogP contribution in [0.25, 0.3) is 0 Å². The number of ether oxygens (including phenoxy) is 4. The molecular formula is C28H40NO10P. The summed E-state index contributed by atoms with van der Waals surface area (Å²) in [5.41, 5.74) is 0.599. The first-order valence-corrected chi connectivity index (χ1v) is 14.6. The topological polar surface area (TPSA) is 127 Å². The molecule has 0 aromatic heterocycles. The van der Waals surface area contributed by atoms with Crippen LogP contribution in [0.4, 0.5) is 0 Å². The molecule has 1 fully saturated rings. The molecule has 1 saturated heterocycles. The quantitative estimate of drug-likeness (QED) is 0.119. The predicted octanol–water partition coefficient (Wildman–Crippen LogP) is 4.48. The van der Waals surface area contributed by atoms with E-state index in [-0.39, 0.29) is 43.9 Å². The molecule has 0 bridgehead atoms. The number of hydrogen-bond donors (Lipinski definition) is 0. The minimum atomic E-state index is -3.74. The lowest BCUT2D eigenvalue weighted by atomic mass is 10.1. The summed E-state index contributed by atoms with van der Waals surface area (Å²) >= 11 is 0. The van der Waals surface area contributed by atoms with Crippen molar-refractivity contribution in [2.45, 2.75) is 65.6 Å². The highest BCUT2D eigenvalue weighted by Crippen LogP contribution is 2.57. The monoisotopic (exact) mass is 581 g/mol. The fourth-order valence-electron chi connectivity index (χ4n) is 4.00. The molecule has 40 heavy (non-hydrogen) atoms. The Bertz CT molecular complexity index is 1100. The Morgan fingerprint density at radius 3 is 2.17 bits per heavy atom. The second-order valence-corrected chi connectivity index (χ2v) is 11.2. The Kier molecular flexibility index (Phi) is 13.4. The number of carbonyl (C=O) groups excluding carboxylic acids is 3.